The van der Waals surface area contributed by atoms with E-state index < -0.39 is 0 Å². The lowest BCUT2D eigenvalue weighted by atomic mass is 10.0. The third kappa shape index (κ3) is 2.46. The van der Waals surface area contributed by atoms with Gasteiger partial charge in [-0.3, -0.25) is 19.3 Å². The molecule has 0 saturated heterocycles. The number of nitrogens with zero attached hydrogens (tertiary/aromatic N) is 1. The Morgan fingerprint density at radius 1 is 0.840 bits per heavy atom. The van der Waals surface area contributed by atoms with Crippen LogP contribution in [0.1, 0.15) is 31.1 Å². The van der Waals surface area contributed by atoms with E-state index in [2.05, 4.69) is 5.32 Å². The minimum atomic E-state index is -0.389. The summed E-state index contributed by atoms with van der Waals surface area (Å²) < 4.78 is 0. The maximum Gasteiger partial charge on any atom is 0.261 e. The van der Waals surface area contributed by atoms with Gasteiger partial charge in [0, 0.05) is 18.3 Å². The summed E-state index contributed by atoms with van der Waals surface area (Å²) in [7, 11) is 1.43. The third-order valence-corrected chi connectivity index (χ3v) is 4.36. The highest BCUT2D eigenvalue weighted by molar-refractivity contribution is 6.22. The Morgan fingerprint density at radius 3 is 2.36 bits per heavy atom. The van der Waals surface area contributed by atoms with E-state index >= 15 is 0 Å². The van der Waals surface area contributed by atoms with Gasteiger partial charge >= 0.3 is 0 Å². The van der Waals surface area contributed by atoms with Crippen LogP contribution in [0, 0.1) is 0 Å². The molecular weight excluding hydrogens is 316 g/mol. The largest absolute Gasteiger partial charge is 0.322 e. The average Bonchev–Trinajstić information content (AvgIpc) is 2.85. The van der Waals surface area contributed by atoms with Crippen molar-refractivity contribution in [1.29, 1.82) is 0 Å². The molecule has 3 aromatic carbocycles. The molecule has 3 aromatic rings. The number of carbonyl (C=O) groups is 3. The fourth-order valence-corrected chi connectivity index (χ4v) is 2.97. The Hall–Kier alpha value is -3.47. The molecule has 0 fully saturated rings. The topological polar surface area (TPSA) is 66.5 Å². The zero-order valence-electron chi connectivity index (χ0n) is 13.4. The zero-order valence-corrected chi connectivity index (χ0v) is 13.4. The minimum Gasteiger partial charge on any atom is -0.322 e. The first-order valence-corrected chi connectivity index (χ1v) is 7.81. The van der Waals surface area contributed by atoms with Crippen molar-refractivity contribution in [3.8, 4) is 0 Å². The van der Waals surface area contributed by atoms with Crippen LogP contribution in [-0.4, -0.2) is 29.7 Å². The lowest BCUT2D eigenvalue weighted by molar-refractivity contribution is 0.0693. The van der Waals surface area contributed by atoms with E-state index in [1.807, 2.05) is 42.5 Å². The Bertz CT molecular complexity index is 1060. The van der Waals surface area contributed by atoms with Crippen molar-refractivity contribution in [1.82, 2.24) is 4.90 Å². The lowest BCUT2D eigenvalue weighted by Gasteiger charge is -2.07. The molecule has 0 atom stereocenters. The van der Waals surface area contributed by atoms with Crippen LogP contribution in [0.15, 0.2) is 60.7 Å². The predicted molar refractivity (Wildman–Crippen MR) is 94.8 cm³/mol. The van der Waals surface area contributed by atoms with E-state index in [0.29, 0.717) is 16.8 Å². The molecule has 5 nitrogen and oxygen atoms in total. The molecule has 0 aliphatic carbocycles. The Labute approximate surface area is 143 Å². The molecule has 5 heteroatoms. The fourth-order valence-electron chi connectivity index (χ4n) is 2.97. The summed E-state index contributed by atoms with van der Waals surface area (Å²) in [5.41, 5.74) is 1.60. The highest BCUT2D eigenvalue weighted by Gasteiger charge is 2.33. The zero-order chi connectivity index (χ0) is 17.6. The second kappa shape index (κ2) is 5.56. The fraction of sp³-hybridized carbons (Fsp3) is 0.0500. The van der Waals surface area contributed by atoms with Gasteiger partial charge in [0.15, 0.2) is 0 Å². The summed E-state index contributed by atoms with van der Waals surface area (Å²) >= 11 is 0. The van der Waals surface area contributed by atoms with E-state index in [1.165, 1.54) is 19.2 Å². The van der Waals surface area contributed by atoms with E-state index in [0.717, 1.165) is 15.7 Å². The smallest absolute Gasteiger partial charge is 0.261 e. The van der Waals surface area contributed by atoms with Crippen LogP contribution in [0.25, 0.3) is 10.8 Å². The second-order valence-corrected chi connectivity index (χ2v) is 5.95. The Balaban J connectivity index is 1.63. The van der Waals surface area contributed by atoms with E-state index in [-0.39, 0.29) is 23.3 Å². The number of amides is 3. The van der Waals surface area contributed by atoms with Gasteiger partial charge in [0.2, 0.25) is 0 Å². The third-order valence-electron chi connectivity index (χ3n) is 4.36. The number of carbonyl (C=O) groups excluding carboxylic acids is 3. The predicted octanol–water partition coefficient (Wildman–Crippen LogP) is 3.32. The number of hydrogen-bond donors (Lipinski definition) is 1. The molecule has 1 heterocycles. The van der Waals surface area contributed by atoms with Gasteiger partial charge in [0.05, 0.1) is 11.1 Å². The summed E-state index contributed by atoms with van der Waals surface area (Å²) in [6.07, 6.45) is 0. The molecule has 3 amide bonds. The maximum absolute atomic E-state index is 12.5. The van der Waals surface area contributed by atoms with E-state index in [1.54, 1.807) is 6.07 Å². The molecule has 1 N–H and O–H groups in total. The lowest BCUT2D eigenvalue weighted by Crippen LogP contribution is -2.24. The van der Waals surface area contributed by atoms with Gasteiger partial charge in [-0.25, -0.2) is 0 Å². The molecule has 1 aliphatic heterocycles. The first-order chi connectivity index (χ1) is 12.0. The summed E-state index contributed by atoms with van der Waals surface area (Å²) in [5, 5.41) is 4.94. The van der Waals surface area contributed by atoms with Crippen LogP contribution < -0.4 is 5.32 Å². The highest BCUT2D eigenvalue weighted by Crippen LogP contribution is 2.24. The van der Waals surface area contributed by atoms with Gasteiger partial charge in [-0.1, -0.05) is 30.3 Å². The van der Waals surface area contributed by atoms with Crippen molar-refractivity contribution < 1.29 is 14.4 Å². The number of benzene rings is 3. The van der Waals surface area contributed by atoms with E-state index in [9.17, 15) is 14.4 Å². The second-order valence-electron chi connectivity index (χ2n) is 5.95. The molecule has 25 heavy (non-hydrogen) atoms. The number of rotatable bonds is 2. The van der Waals surface area contributed by atoms with Crippen LogP contribution in [0.2, 0.25) is 0 Å². The number of anilines is 1. The standard InChI is InChI=1S/C20H14N2O3/c1-22-19(24)16-9-7-14(11-17(16)20(22)25)18(23)21-15-8-6-12-4-2-3-5-13(12)10-15/h2-11H,1H3,(H,21,23). The van der Waals surface area contributed by atoms with Crippen LogP contribution >= 0.6 is 0 Å². The first-order valence-electron chi connectivity index (χ1n) is 7.81. The van der Waals surface area contributed by atoms with Crippen molar-refractivity contribution in [3.63, 3.8) is 0 Å². The van der Waals surface area contributed by atoms with Crippen molar-refractivity contribution in [2.75, 3.05) is 12.4 Å². The van der Waals surface area contributed by atoms with Crippen LogP contribution in [0.3, 0.4) is 0 Å². The van der Waals surface area contributed by atoms with Gasteiger partial charge in [-0.15, -0.1) is 0 Å². The molecule has 122 valence electrons. The summed E-state index contributed by atoms with van der Waals surface area (Å²) in [5.74, 6) is -1.06. The van der Waals surface area contributed by atoms with Gasteiger partial charge in [0.1, 0.15) is 0 Å². The highest BCUT2D eigenvalue weighted by atomic mass is 16.2. The summed E-state index contributed by atoms with van der Waals surface area (Å²) in [4.78, 5) is 37.5. The maximum atomic E-state index is 12.5. The molecule has 1 aliphatic rings. The molecule has 4 rings (SSSR count). The molecule has 0 aromatic heterocycles. The van der Waals surface area contributed by atoms with Gasteiger partial charge in [-0.05, 0) is 41.1 Å². The number of imide groups is 1. The van der Waals surface area contributed by atoms with Gasteiger partial charge < -0.3 is 5.32 Å². The van der Waals surface area contributed by atoms with Crippen molar-refractivity contribution >= 4 is 34.2 Å². The number of hydrogen-bond acceptors (Lipinski definition) is 3. The van der Waals surface area contributed by atoms with Crippen molar-refractivity contribution in [2.45, 2.75) is 0 Å². The molecule has 0 saturated carbocycles. The summed E-state index contributed by atoms with van der Waals surface area (Å²) in [6, 6.07) is 18.1. The van der Waals surface area contributed by atoms with Crippen LogP contribution in [0.5, 0.6) is 0 Å². The molecule has 0 spiro atoms. The molecule has 0 unspecified atom stereocenters. The van der Waals surface area contributed by atoms with Crippen molar-refractivity contribution in [2.24, 2.45) is 0 Å². The Morgan fingerprint density at radius 2 is 1.56 bits per heavy atom. The quantitative estimate of drug-likeness (QED) is 0.733. The van der Waals surface area contributed by atoms with Gasteiger partial charge in [0.25, 0.3) is 17.7 Å². The molecule has 0 radical (unpaired) electrons. The molecule has 0 bridgehead atoms. The van der Waals surface area contributed by atoms with Crippen molar-refractivity contribution in [3.05, 3.63) is 77.4 Å². The molecular formula is C20H14N2O3. The number of fused-ring (bicyclic) bond motifs is 2. The SMILES string of the molecule is CN1C(=O)c2ccc(C(=O)Nc3ccc4ccccc4c3)cc2C1=O. The van der Waals surface area contributed by atoms with Crippen LogP contribution in [0.4, 0.5) is 5.69 Å². The van der Waals surface area contributed by atoms with Crippen LogP contribution in [-0.2, 0) is 0 Å². The average molecular weight is 330 g/mol. The monoisotopic (exact) mass is 330 g/mol. The first kappa shape index (κ1) is 15.1. The minimum absolute atomic E-state index is 0.263. The van der Waals surface area contributed by atoms with Gasteiger partial charge in [-0.2, -0.15) is 0 Å². The normalized spacial score (nSPS) is 13.2. The summed E-state index contributed by atoms with van der Waals surface area (Å²) in [6.45, 7) is 0. The van der Waals surface area contributed by atoms with E-state index in [4.69, 9.17) is 0 Å². The number of nitrogens with one attached hydrogen (secondary N) is 1. The Kier molecular flexibility index (Phi) is 3.35.